The van der Waals surface area contributed by atoms with Crippen molar-refractivity contribution in [1.82, 2.24) is 4.90 Å². The fourth-order valence-electron chi connectivity index (χ4n) is 3.85. The Balaban J connectivity index is 2.08. The molecule has 1 unspecified atom stereocenters. The zero-order valence-electron chi connectivity index (χ0n) is 18.7. The second-order valence-corrected chi connectivity index (χ2v) is 8.17. The van der Waals surface area contributed by atoms with Gasteiger partial charge in [-0.1, -0.05) is 38.1 Å². The predicted octanol–water partition coefficient (Wildman–Crippen LogP) is 4.96. The number of rotatable bonds is 7. The number of nitrogens with zero attached hydrogens (tertiary/aromatic N) is 1. The summed E-state index contributed by atoms with van der Waals surface area (Å²) >= 11 is 0. The topological polar surface area (TPSA) is 55.8 Å². The zero-order valence-corrected chi connectivity index (χ0v) is 18.7. The van der Waals surface area contributed by atoms with Crippen LogP contribution in [0, 0.1) is 17.6 Å². The summed E-state index contributed by atoms with van der Waals surface area (Å²) in [5.74, 6) is -2.33. The van der Waals surface area contributed by atoms with Gasteiger partial charge in [-0.3, -0.25) is 4.79 Å². The van der Waals surface area contributed by atoms with Crippen LogP contribution in [-0.4, -0.2) is 30.5 Å². The van der Waals surface area contributed by atoms with E-state index in [0.717, 1.165) is 12.1 Å². The van der Waals surface area contributed by atoms with E-state index in [4.69, 9.17) is 9.47 Å². The first-order valence-electron chi connectivity index (χ1n) is 10.5. The van der Waals surface area contributed by atoms with Crippen molar-refractivity contribution in [2.75, 3.05) is 13.7 Å². The highest BCUT2D eigenvalue weighted by atomic mass is 19.1. The lowest BCUT2D eigenvalue weighted by molar-refractivity contribution is -0.141. The lowest BCUT2D eigenvalue weighted by atomic mass is 9.83. The highest BCUT2D eigenvalue weighted by Gasteiger charge is 2.38. The Morgan fingerprint density at radius 1 is 1.12 bits per heavy atom. The molecule has 0 aliphatic carbocycles. The fourth-order valence-corrected chi connectivity index (χ4v) is 3.85. The molecule has 0 spiro atoms. The van der Waals surface area contributed by atoms with Crippen molar-refractivity contribution in [3.8, 4) is 5.75 Å². The minimum atomic E-state index is -0.749. The van der Waals surface area contributed by atoms with E-state index in [-0.39, 0.29) is 42.5 Å². The Bertz CT molecular complexity index is 1030. The molecule has 0 saturated heterocycles. The number of hydrogen-bond acceptors (Lipinski definition) is 4. The molecule has 3 rings (SSSR count). The lowest BCUT2D eigenvalue weighted by Gasteiger charge is -2.35. The summed E-state index contributed by atoms with van der Waals surface area (Å²) in [4.78, 5) is 27.5. The zero-order chi connectivity index (χ0) is 23.4. The Labute approximate surface area is 186 Å². The molecule has 170 valence electrons. The van der Waals surface area contributed by atoms with E-state index in [1.807, 2.05) is 13.8 Å². The van der Waals surface area contributed by atoms with Gasteiger partial charge in [-0.15, -0.1) is 0 Å². The van der Waals surface area contributed by atoms with Crippen LogP contribution < -0.4 is 4.74 Å². The van der Waals surface area contributed by atoms with Crippen LogP contribution >= 0.6 is 0 Å². The standard InChI is InChI=1S/C25H27F2NO4/c1-15(2)14-32-25(30)24-16(3)28(13-19-20(26)9-7-10-21(19)27)23(29)12-18(24)17-8-5-6-11-22(17)31-4/h5-11,15,18H,12-14H2,1-4H3. The van der Waals surface area contributed by atoms with Crippen LogP contribution in [-0.2, 0) is 20.9 Å². The van der Waals surface area contributed by atoms with E-state index in [1.54, 1.807) is 31.2 Å². The van der Waals surface area contributed by atoms with Crippen molar-refractivity contribution in [2.45, 2.75) is 39.7 Å². The van der Waals surface area contributed by atoms with Crippen LogP contribution in [0.5, 0.6) is 5.75 Å². The number of halogens is 2. The summed E-state index contributed by atoms with van der Waals surface area (Å²) in [7, 11) is 1.52. The molecule has 0 bridgehead atoms. The number of allylic oxidation sites excluding steroid dienone is 1. The normalized spacial score (nSPS) is 16.5. The van der Waals surface area contributed by atoms with Crippen molar-refractivity contribution >= 4 is 11.9 Å². The number of ether oxygens (including phenoxy) is 2. The first kappa shape index (κ1) is 23.4. The number of para-hydroxylation sites is 1. The number of benzene rings is 2. The third kappa shape index (κ3) is 4.82. The van der Waals surface area contributed by atoms with Gasteiger partial charge >= 0.3 is 5.97 Å². The lowest BCUT2D eigenvalue weighted by Crippen LogP contribution is -2.38. The maximum atomic E-state index is 14.3. The Morgan fingerprint density at radius 2 is 1.78 bits per heavy atom. The molecule has 0 radical (unpaired) electrons. The van der Waals surface area contributed by atoms with Gasteiger partial charge in [-0.2, -0.15) is 0 Å². The second kappa shape index (κ2) is 9.94. The number of hydrogen-bond donors (Lipinski definition) is 0. The molecule has 1 amide bonds. The average Bonchev–Trinajstić information content (AvgIpc) is 2.76. The van der Waals surface area contributed by atoms with E-state index in [9.17, 15) is 18.4 Å². The van der Waals surface area contributed by atoms with Gasteiger partial charge in [-0.05, 0) is 31.0 Å². The number of methoxy groups -OCH3 is 1. The van der Waals surface area contributed by atoms with E-state index in [0.29, 0.717) is 17.0 Å². The van der Waals surface area contributed by atoms with Gasteiger partial charge in [0.25, 0.3) is 0 Å². The molecule has 0 aromatic heterocycles. The number of amides is 1. The minimum absolute atomic E-state index is 0.0557. The molecule has 0 saturated carbocycles. The summed E-state index contributed by atoms with van der Waals surface area (Å²) < 4.78 is 39.5. The molecule has 0 fully saturated rings. The number of carbonyl (C=O) groups is 2. The average molecular weight is 443 g/mol. The van der Waals surface area contributed by atoms with Crippen LogP contribution in [0.1, 0.15) is 44.2 Å². The molecule has 1 aliphatic heterocycles. The Hall–Kier alpha value is -3.22. The van der Waals surface area contributed by atoms with E-state index in [2.05, 4.69) is 0 Å². The molecule has 2 aromatic carbocycles. The molecular formula is C25H27F2NO4. The van der Waals surface area contributed by atoms with Crippen LogP contribution in [0.25, 0.3) is 0 Å². The van der Waals surface area contributed by atoms with Gasteiger partial charge in [0.05, 0.1) is 25.8 Å². The van der Waals surface area contributed by atoms with E-state index < -0.39 is 23.5 Å². The van der Waals surface area contributed by atoms with E-state index >= 15 is 0 Å². The smallest absolute Gasteiger partial charge is 0.336 e. The molecule has 1 aliphatic rings. The first-order valence-corrected chi connectivity index (χ1v) is 10.5. The van der Waals surface area contributed by atoms with Gasteiger partial charge in [0.15, 0.2) is 0 Å². The first-order chi connectivity index (χ1) is 15.2. The largest absolute Gasteiger partial charge is 0.496 e. The van der Waals surface area contributed by atoms with Crippen molar-refractivity contribution in [3.63, 3.8) is 0 Å². The second-order valence-electron chi connectivity index (χ2n) is 8.17. The predicted molar refractivity (Wildman–Crippen MR) is 116 cm³/mol. The van der Waals surface area contributed by atoms with Gasteiger partial charge in [-0.25, -0.2) is 13.6 Å². The molecule has 2 aromatic rings. The number of esters is 1. The van der Waals surface area contributed by atoms with Crippen molar-refractivity contribution < 1.29 is 27.8 Å². The molecule has 1 atom stereocenters. The molecular weight excluding hydrogens is 416 g/mol. The third-order valence-electron chi connectivity index (χ3n) is 5.48. The van der Waals surface area contributed by atoms with Crippen molar-refractivity contribution in [3.05, 3.63) is 76.5 Å². The monoisotopic (exact) mass is 443 g/mol. The van der Waals surface area contributed by atoms with E-state index in [1.165, 1.54) is 18.1 Å². The summed E-state index contributed by atoms with van der Waals surface area (Å²) in [6.07, 6.45) is -0.0557. The summed E-state index contributed by atoms with van der Waals surface area (Å²) in [6, 6.07) is 10.7. The summed E-state index contributed by atoms with van der Waals surface area (Å²) in [6.45, 7) is 5.34. The molecule has 7 heteroatoms. The molecule has 32 heavy (non-hydrogen) atoms. The SMILES string of the molecule is COc1ccccc1C1CC(=O)N(Cc2c(F)cccc2F)C(C)=C1C(=O)OCC(C)C. The molecule has 0 N–H and O–H groups in total. The molecule has 5 nitrogen and oxygen atoms in total. The van der Waals surface area contributed by atoms with Gasteiger partial charge in [0.1, 0.15) is 17.4 Å². The maximum Gasteiger partial charge on any atom is 0.336 e. The van der Waals surface area contributed by atoms with Gasteiger partial charge in [0, 0.05) is 29.2 Å². The highest BCUT2D eigenvalue weighted by Crippen LogP contribution is 2.41. The van der Waals surface area contributed by atoms with Crippen LogP contribution in [0.2, 0.25) is 0 Å². The van der Waals surface area contributed by atoms with Crippen molar-refractivity contribution in [2.24, 2.45) is 5.92 Å². The quantitative estimate of drug-likeness (QED) is 0.568. The van der Waals surface area contributed by atoms with Crippen LogP contribution in [0.3, 0.4) is 0 Å². The van der Waals surface area contributed by atoms with Gasteiger partial charge < -0.3 is 14.4 Å². The number of carbonyl (C=O) groups excluding carboxylic acids is 2. The van der Waals surface area contributed by atoms with Crippen molar-refractivity contribution in [1.29, 1.82) is 0 Å². The summed E-state index contributed by atoms with van der Waals surface area (Å²) in [5.41, 5.74) is 1.04. The fraction of sp³-hybridized carbons (Fsp3) is 0.360. The Kier molecular flexibility index (Phi) is 7.28. The third-order valence-corrected chi connectivity index (χ3v) is 5.48. The molecule has 1 heterocycles. The van der Waals surface area contributed by atoms with Crippen LogP contribution in [0.4, 0.5) is 8.78 Å². The Morgan fingerprint density at radius 3 is 2.41 bits per heavy atom. The minimum Gasteiger partial charge on any atom is -0.496 e. The van der Waals surface area contributed by atoms with Crippen LogP contribution in [0.15, 0.2) is 53.7 Å². The summed E-state index contributed by atoms with van der Waals surface area (Å²) in [5, 5.41) is 0. The van der Waals surface area contributed by atoms with Gasteiger partial charge in [0.2, 0.25) is 5.91 Å². The highest BCUT2D eigenvalue weighted by molar-refractivity contribution is 5.96. The maximum absolute atomic E-state index is 14.3.